The fourth-order valence-corrected chi connectivity index (χ4v) is 2.96. The molecule has 0 amide bonds. The second kappa shape index (κ2) is 8.12. The van der Waals surface area contributed by atoms with Crippen molar-refractivity contribution >= 4 is 11.7 Å². The van der Waals surface area contributed by atoms with E-state index in [-0.39, 0.29) is 12.4 Å². The summed E-state index contributed by atoms with van der Waals surface area (Å²) < 4.78 is 21.6. The van der Waals surface area contributed by atoms with Gasteiger partial charge in [-0.1, -0.05) is 19.1 Å². The van der Waals surface area contributed by atoms with E-state index in [1.54, 1.807) is 12.1 Å². The molecule has 0 fully saturated rings. The van der Waals surface area contributed by atoms with Gasteiger partial charge < -0.3 is 18.9 Å². The van der Waals surface area contributed by atoms with E-state index in [1.165, 1.54) is 26.9 Å². The fraction of sp³-hybridized carbons (Fsp3) is 0.333. The first kappa shape index (κ1) is 18.8. The molecular formula is C21H23NO5. The van der Waals surface area contributed by atoms with Crippen LogP contribution in [0.15, 0.2) is 41.4 Å². The van der Waals surface area contributed by atoms with Gasteiger partial charge in [-0.05, 0) is 36.2 Å². The number of rotatable bonds is 7. The van der Waals surface area contributed by atoms with Crippen LogP contribution >= 0.6 is 0 Å². The van der Waals surface area contributed by atoms with E-state index < -0.39 is 6.04 Å². The van der Waals surface area contributed by atoms with E-state index in [0.717, 1.165) is 12.0 Å². The highest BCUT2D eigenvalue weighted by Crippen LogP contribution is 2.38. The number of carbonyl (C=O) groups excluding carboxylic acids is 1. The number of aryl methyl sites for hydroxylation is 1. The van der Waals surface area contributed by atoms with Crippen molar-refractivity contribution in [3.63, 3.8) is 0 Å². The van der Waals surface area contributed by atoms with Gasteiger partial charge in [0.05, 0.1) is 21.3 Å². The second-order valence-corrected chi connectivity index (χ2v) is 6.09. The Hall–Kier alpha value is -3.02. The molecular weight excluding hydrogens is 346 g/mol. The Labute approximate surface area is 158 Å². The zero-order valence-electron chi connectivity index (χ0n) is 15.9. The summed E-state index contributed by atoms with van der Waals surface area (Å²) in [7, 11) is 4.55. The normalized spacial score (nSPS) is 15.7. The lowest BCUT2D eigenvalue weighted by Crippen LogP contribution is -2.20. The van der Waals surface area contributed by atoms with Crippen LogP contribution in [-0.4, -0.2) is 45.7 Å². The van der Waals surface area contributed by atoms with Crippen LogP contribution in [0, 0.1) is 0 Å². The van der Waals surface area contributed by atoms with Crippen molar-refractivity contribution in [3.05, 3.63) is 53.1 Å². The number of methoxy groups -OCH3 is 3. The van der Waals surface area contributed by atoms with Gasteiger partial charge in [0.2, 0.25) is 11.6 Å². The van der Waals surface area contributed by atoms with Crippen molar-refractivity contribution in [3.8, 4) is 17.2 Å². The summed E-state index contributed by atoms with van der Waals surface area (Å²) in [6.07, 6.45) is 0.968. The Bertz CT molecular complexity index is 832. The van der Waals surface area contributed by atoms with Crippen LogP contribution in [0.1, 0.15) is 28.4 Å². The smallest absolute Gasteiger partial charge is 0.217 e. The first-order valence-electron chi connectivity index (χ1n) is 8.75. The van der Waals surface area contributed by atoms with Crippen molar-refractivity contribution in [1.29, 1.82) is 0 Å². The van der Waals surface area contributed by atoms with Gasteiger partial charge in [-0.15, -0.1) is 0 Å². The number of ketones is 1. The highest BCUT2D eigenvalue weighted by molar-refractivity contribution is 6.05. The molecule has 2 aromatic rings. The maximum Gasteiger partial charge on any atom is 0.217 e. The van der Waals surface area contributed by atoms with Gasteiger partial charge in [0.25, 0.3) is 0 Å². The van der Waals surface area contributed by atoms with E-state index in [1.807, 2.05) is 24.3 Å². The predicted molar refractivity (Wildman–Crippen MR) is 103 cm³/mol. The summed E-state index contributed by atoms with van der Waals surface area (Å²) in [4.78, 5) is 17.4. The number of carbonyl (C=O) groups is 1. The average Bonchev–Trinajstić information content (AvgIpc) is 3.22. The first-order chi connectivity index (χ1) is 13.1. The van der Waals surface area contributed by atoms with Gasteiger partial charge in [-0.25, -0.2) is 4.99 Å². The zero-order valence-corrected chi connectivity index (χ0v) is 15.9. The SMILES string of the molecule is CCc1ccc(C2=NC(C(=O)c3cc(OC)c(OC)c(OC)c3)CO2)cc1. The summed E-state index contributed by atoms with van der Waals surface area (Å²) in [6, 6.07) is 10.7. The monoisotopic (exact) mass is 369 g/mol. The summed E-state index contributed by atoms with van der Waals surface area (Å²) in [5.41, 5.74) is 2.54. The Morgan fingerprint density at radius 3 is 2.22 bits per heavy atom. The Kier molecular flexibility index (Phi) is 5.64. The van der Waals surface area contributed by atoms with Crippen LogP contribution in [0.4, 0.5) is 0 Å². The predicted octanol–water partition coefficient (Wildman–Crippen LogP) is 3.30. The number of aliphatic imine (C=N–C) groups is 1. The van der Waals surface area contributed by atoms with Gasteiger partial charge in [0, 0.05) is 11.1 Å². The van der Waals surface area contributed by atoms with E-state index in [0.29, 0.717) is 28.7 Å². The lowest BCUT2D eigenvalue weighted by molar-refractivity contribution is 0.0947. The average molecular weight is 369 g/mol. The molecule has 0 bridgehead atoms. The highest BCUT2D eigenvalue weighted by Gasteiger charge is 2.29. The van der Waals surface area contributed by atoms with Crippen molar-refractivity contribution in [2.75, 3.05) is 27.9 Å². The van der Waals surface area contributed by atoms with Gasteiger partial charge >= 0.3 is 0 Å². The second-order valence-electron chi connectivity index (χ2n) is 6.09. The quantitative estimate of drug-likeness (QED) is 0.701. The molecule has 0 aliphatic carbocycles. The largest absolute Gasteiger partial charge is 0.493 e. The van der Waals surface area contributed by atoms with Crippen LogP contribution in [0.5, 0.6) is 17.2 Å². The minimum Gasteiger partial charge on any atom is -0.493 e. The molecule has 1 atom stereocenters. The number of ether oxygens (including phenoxy) is 4. The van der Waals surface area contributed by atoms with Crippen molar-refractivity contribution in [2.24, 2.45) is 4.99 Å². The molecule has 0 saturated carbocycles. The van der Waals surface area contributed by atoms with E-state index in [2.05, 4.69) is 11.9 Å². The van der Waals surface area contributed by atoms with Crippen LogP contribution in [-0.2, 0) is 11.2 Å². The Morgan fingerprint density at radius 1 is 1.07 bits per heavy atom. The Morgan fingerprint density at radius 2 is 1.70 bits per heavy atom. The number of nitrogens with zero attached hydrogens (tertiary/aromatic N) is 1. The maximum absolute atomic E-state index is 12.9. The molecule has 0 radical (unpaired) electrons. The zero-order chi connectivity index (χ0) is 19.4. The number of hydrogen-bond acceptors (Lipinski definition) is 6. The number of hydrogen-bond donors (Lipinski definition) is 0. The lowest BCUT2D eigenvalue weighted by Gasteiger charge is -2.14. The van der Waals surface area contributed by atoms with Crippen LogP contribution in [0.3, 0.4) is 0 Å². The van der Waals surface area contributed by atoms with Gasteiger partial charge in [0.1, 0.15) is 6.61 Å². The molecule has 0 spiro atoms. The van der Waals surface area contributed by atoms with E-state index in [4.69, 9.17) is 18.9 Å². The molecule has 6 heteroatoms. The molecule has 0 aromatic heterocycles. The third-order valence-corrected chi connectivity index (χ3v) is 4.51. The molecule has 142 valence electrons. The molecule has 0 saturated heterocycles. The number of benzene rings is 2. The molecule has 1 aliphatic heterocycles. The van der Waals surface area contributed by atoms with Crippen LogP contribution in [0.2, 0.25) is 0 Å². The molecule has 6 nitrogen and oxygen atoms in total. The fourth-order valence-electron chi connectivity index (χ4n) is 2.96. The molecule has 1 unspecified atom stereocenters. The minimum atomic E-state index is -0.603. The summed E-state index contributed by atoms with van der Waals surface area (Å²) >= 11 is 0. The highest BCUT2D eigenvalue weighted by atomic mass is 16.5. The minimum absolute atomic E-state index is 0.158. The Balaban J connectivity index is 1.86. The molecule has 1 heterocycles. The van der Waals surface area contributed by atoms with Crippen LogP contribution < -0.4 is 14.2 Å². The maximum atomic E-state index is 12.9. The third-order valence-electron chi connectivity index (χ3n) is 4.51. The van der Waals surface area contributed by atoms with Crippen molar-refractivity contribution in [2.45, 2.75) is 19.4 Å². The number of Topliss-reactive ketones (excluding diaryl/α,β-unsaturated/α-hetero) is 1. The van der Waals surface area contributed by atoms with Crippen LogP contribution in [0.25, 0.3) is 0 Å². The molecule has 1 aliphatic rings. The molecule has 27 heavy (non-hydrogen) atoms. The van der Waals surface area contributed by atoms with Gasteiger partial charge in [-0.2, -0.15) is 0 Å². The van der Waals surface area contributed by atoms with E-state index >= 15 is 0 Å². The van der Waals surface area contributed by atoms with E-state index in [9.17, 15) is 4.79 Å². The van der Waals surface area contributed by atoms with Crippen molar-refractivity contribution < 1.29 is 23.7 Å². The van der Waals surface area contributed by atoms with Crippen molar-refractivity contribution in [1.82, 2.24) is 0 Å². The standard InChI is InChI=1S/C21H23NO5/c1-5-13-6-8-14(9-7-13)21-22-16(12-27-21)19(23)15-10-17(24-2)20(26-4)18(11-15)25-3/h6-11,16H,5,12H2,1-4H3. The summed E-state index contributed by atoms with van der Waals surface area (Å²) in [5.74, 6) is 1.63. The molecule has 2 aromatic carbocycles. The lowest BCUT2D eigenvalue weighted by atomic mass is 10.0. The summed E-state index contributed by atoms with van der Waals surface area (Å²) in [5, 5.41) is 0. The molecule has 3 rings (SSSR count). The summed E-state index contributed by atoms with van der Waals surface area (Å²) in [6.45, 7) is 2.31. The molecule has 0 N–H and O–H groups in total. The third kappa shape index (κ3) is 3.74. The first-order valence-corrected chi connectivity index (χ1v) is 8.75. The van der Waals surface area contributed by atoms with Gasteiger partial charge in [-0.3, -0.25) is 4.79 Å². The topological polar surface area (TPSA) is 66.4 Å². The van der Waals surface area contributed by atoms with Gasteiger partial charge in [0.15, 0.2) is 23.3 Å².